The number of rotatable bonds is 5. The highest BCUT2D eigenvalue weighted by Gasteiger charge is 2.41. The Hall–Kier alpha value is -3.19. The van der Waals surface area contributed by atoms with E-state index in [9.17, 15) is 4.79 Å². The molecule has 0 radical (unpaired) electrons. The Labute approximate surface area is 181 Å². The van der Waals surface area contributed by atoms with Crippen molar-refractivity contribution in [2.45, 2.75) is 31.7 Å². The first-order chi connectivity index (χ1) is 15.2. The monoisotopic (exact) mass is 417 g/mol. The molecule has 4 atom stereocenters. The molecule has 1 aromatic carbocycles. The third-order valence-electron chi connectivity index (χ3n) is 6.42. The van der Waals surface area contributed by atoms with Gasteiger partial charge in [0.05, 0.1) is 6.26 Å². The van der Waals surface area contributed by atoms with Crippen LogP contribution in [0.25, 0.3) is 11.5 Å². The molecular weight excluding hydrogens is 390 g/mol. The van der Waals surface area contributed by atoms with Crippen LogP contribution in [-0.4, -0.2) is 46.6 Å². The predicted molar refractivity (Wildman–Crippen MR) is 119 cm³/mol. The molecule has 3 saturated heterocycles. The Bertz CT molecular complexity index is 1040. The van der Waals surface area contributed by atoms with Crippen LogP contribution in [0.2, 0.25) is 0 Å². The first-order valence-corrected chi connectivity index (χ1v) is 10.9. The number of nitrogens with one attached hydrogen (secondary N) is 2. The van der Waals surface area contributed by atoms with Crippen molar-refractivity contribution >= 4 is 11.7 Å². The minimum atomic E-state index is -0.153. The van der Waals surface area contributed by atoms with Crippen LogP contribution in [-0.2, 0) is 0 Å². The molecule has 160 valence electrons. The highest BCUT2D eigenvalue weighted by Crippen LogP contribution is 2.41. The number of hydrogen-bond donors (Lipinski definition) is 2. The summed E-state index contributed by atoms with van der Waals surface area (Å²) in [6.45, 7) is 4.63. The summed E-state index contributed by atoms with van der Waals surface area (Å²) in [6, 6.07) is 15.6. The number of amides is 2. The zero-order valence-corrected chi connectivity index (χ0v) is 17.6. The van der Waals surface area contributed by atoms with Crippen LogP contribution in [0.4, 0.5) is 10.5 Å². The summed E-state index contributed by atoms with van der Waals surface area (Å²) in [5.41, 5.74) is 2.75. The van der Waals surface area contributed by atoms with Gasteiger partial charge in [0, 0.05) is 36.4 Å². The van der Waals surface area contributed by atoms with Crippen molar-refractivity contribution in [1.29, 1.82) is 0 Å². The largest absolute Gasteiger partial charge is 0.463 e. The molecule has 3 aliphatic rings. The van der Waals surface area contributed by atoms with Crippen molar-refractivity contribution < 1.29 is 9.21 Å². The number of carbonyl (C=O) groups excluding carboxylic acids is 1. The van der Waals surface area contributed by atoms with Crippen molar-refractivity contribution in [1.82, 2.24) is 20.2 Å². The van der Waals surface area contributed by atoms with Gasteiger partial charge < -0.3 is 15.1 Å². The first-order valence-electron chi connectivity index (χ1n) is 10.9. The summed E-state index contributed by atoms with van der Waals surface area (Å²) < 4.78 is 5.55. The van der Waals surface area contributed by atoms with Gasteiger partial charge in [0.1, 0.15) is 11.5 Å². The second-order valence-corrected chi connectivity index (χ2v) is 8.44. The van der Waals surface area contributed by atoms with Crippen molar-refractivity contribution in [3.05, 3.63) is 66.3 Å². The van der Waals surface area contributed by atoms with Gasteiger partial charge in [-0.3, -0.25) is 4.90 Å². The molecule has 31 heavy (non-hydrogen) atoms. The topological polar surface area (TPSA) is 83.3 Å². The maximum absolute atomic E-state index is 12.3. The average molecular weight is 418 g/mol. The Morgan fingerprint density at radius 2 is 2.06 bits per heavy atom. The summed E-state index contributed by atoms with van der Waals surface area (Å²) in [5.74, 6) is 2.50. The summed E-state index contributed by atoms with van der Waals surface area (Å²) in [5, 5.41) is 5.94. The number of furan rings is 1. The van der Waals surface area contributed by atoms with Gasteiger partial charge in [-0.05, 0) is 62.6 Å². The summed E-state index contributed by atoms with van der Waals surface area (Å²) >= 11 is 0. The summed E-state index contributed by atoms with van der Waals surface area (Å²) in [7, 11) is 0. The van der Waals surface area contributed by atoms with Crippen LogP contribution in [0, 0.1) is 12.8 Å². The van der Waals surface area contributed by atoms with Crippen molar-refractivity contribution in [3.63, 3.8) is 0 Å². The Morgan fingerprint density at radius 3 is 2.81 bits per heavy atom. The van der Waals surface area contributed by atoms with E-state index in [2.05, 4.69) is 26.6 Å². The minimum Gasteiger partial charge on any atom is -0.463 e. The molecule has 2 aromatic heterocycles. The van der Waals surface area contributed by atoms with Crippen LogP contribution >= 0.6 is 0 Å². The number of urea groups is 1. The van der Waals surface area contributed by atoms with E-state index >= 15 is 0 Å². The van der Waals surface area contributed by atoms with Crippen LogP contribution < -0.4 is 10.6 Å². The Morgan fingerprint density at radius 1 is 1.19 bits per heavy atom. The zero-order valence-electron chi connectivity index (χ0n) is 17.6. The van der Waals surface area contributed by atoms with Gasteiger partial charge in [-0.1, -0.05) is 18.2 Å². The molecule has 7 nitrogen and oxygen atoms in total. The third-order valence-corrected chi connectivity index (χ3v) is 6.42. The number of nitrogens with zero attached hydrogens (tertiary/aromatic N) is 3. The van der Waals surface area contributed by atoms with Gasteiger partial charge in [0.2, 0.25) is 0 Å². The lowest BCUT2D eigenvalue weighted by atomic mass is 9.74. The Kier molecular flexibility index (Phi) is 5.42. The smallest absolute Gasteiger partial charge is 0.319 e. The van der Waals surface area contributed by atoms with E-state index in [0.717, 1.165) is 54.6 Å². The average Bonchev–Trinajstić information content (AvgIpc) is 3.33. The van der Waals surface area contributed by atoms with Crippen LogP contribution in [0.15, 0.2) is 59.2 Å². The molecule has 2 amide bonds. The fraction of sp³-hybridized carbons (Fsp3) is 0.375. The maximum Gasteiger partial charge on any atom is 0.319 e. The van der Waals surface area contributed by atoms with E-state index in [1.807, 2.05) is 49.4 Å². The number of anilines is 1. The highest BCUT2D eigenvalue weighted by molar-refractivity contribution is 5.89. The van der Waals surface area contributed by atoms with Crippen LogP contribution in [0.3, 0.4) is 0 Å². The third kappa shape index (κ3) is 4.32. The standard InChI is InChI=1S/C24H27N5O2/c1-16-26-21(13-22(27-16)23-8-5-11-31-23)20-15-29-10-9-17(20)12-19(29)14-25-24(30)28-18-6-3-2-4-7-18/h2-8,11,13,17,19-20H,9-10,12,14-15H2,1H3,(H2,25,28,30). The molecule has 3 aromatic rings. The quantitative estimate of drug-likeness (QED) is 0.655. The van der Waals surface area contributed by atoms with Crippen molar-refractivity contribution in [2.75, 3.05) is 25.0 Å². The first kappa shape index (κ1) is 19.8. The molecule has 3 aliphatic heterocycles. The van der Waals surface area contributed by atoms with Crippen molar-refractivity contribution in [3.8, 4) is 11.5 Å². The minimum absolute atomic E-state index is 0.153. The molecule has 2 N–H and O–H groups in total. The number of para-hydroxylation sites is 1. The number of aromatic nitrogens is 2. The molecule has 4 unspecified atom stereocenters. The number of hydrogen-bond acceptors (Lipinski definition) is 5. The molecule has 6 rings (SSSR count). The van der Waals surface area contributed by atoms with E-state index in [1.54, 1.807) is 6.26 Å². The van der Waals surface area contributed by atoms with Gasteiger partial charge in [0.25, 0.3) is 0 Å². The molecule has 0 spiro atoms. The number of aryl methyl sites for hydroxylation is 1. The lowest BCUT2D eigenvalue weighted by Crippen LogP contribution is -2.56. The Balaban J connectivity index is 1.23. The van der Waals surface area contributed by atoms with E-state index in [0.29, 0.717) is 24.4 Å². The molecule has 0 saturated carbocycles. The maximum atomic E-state index is 12.3. The van der Waals surface area contributed by atoms with Crippen LogP contribution in [0.1, 0.15) is 30.3 Å². The van der Waals surface area contributed by atoms with E-state index in [4.69, 9.17) is 9.40 Å². The number of piperidine rings is 3. The molecule has 2 bridgehead atoms. The second kappa shape index (κ2) is 8.51. The summed E-state index contributed by atoms with van der Waals surface area (Å²) in [4.78, 5) is 24.1. The predicted octanol–water partition coefficient (Wildman–Crippen LogP) is 4.04. The normalized spacial score (nSPS) is 24.7. The fourth-order valence-electron chi connectivity index (χ4n) is 4.92. The van der Waals surface area contributed by atoms with E-state index in [1.165, 1.54) is 0 Å². The van der Waals surface area contributed by atoms with Gasteiger partial charge in [-0.15, -0.1) is 0 Å². The van der Waals surface area contributed by atoms with E-state index in [-0.39, 0.29) is 6.03 Å². The van der Waals surface area contributed by atoms with Gasteiger partial charge in [-0.25, -0.2) is 14.8 Å². The lowest BCUT2D eigenvalue weighted by molar-refractivity contribution is 0.0307. The molecule has 5 heterocycles. The zero-order chi connectivity index (χ0) is 21.2. The molecule has 7 heteroatoms. The van der Waals surface area contributed by atoms with Crippen LogP contribution in [0.5, 0.6) is 0 Å². The molecule has 0 aliphatic carbocycles. The fourth-order valence-corrected chi connectivity index (χ4v) is 4.92. The number of fused-ring (bicyclic) bond motifs is 3. The van der Waals surface area contributed by atoms with Gasteiger partial charge in [0.15, 0.2) is 5.76 Å². The lowest BCUT2D eigenvalue weighted by Gasteiger charge is -2.49. The number of carbonyl (C=O) groups is 1. The van der Waals surface area contributed by atoms with Crippen molar-refractivity contribution in [2.24, 2.45) is 5.92 Å². The number of benzene rings is 1. The van der Waals surface area contributed by atoms with Gasteiger partial charge in [-0.2, -0.15) is 0 Å². The molecule has 3 fully saturated rings. The summed E-state index contributed by atoms with van der Waals surface area (Å²) in [6.07, 6.45) is 3.90. The molecular formula is C24H27N5O2. The highest BCUT2D eigenvalue weighted by atomic mass is 16.3. The second-order valence-electron chi connectivity index (χ2n) is 8.44. The van der Waals surface area contributed by atoms with Gasteiger partial charge >= 0.3 is 6.03 Å². The SMILES string of the molecule is Cc1nc(-c2ccco2)cc(C2CN3CCC2CC3CNC(=O)Nc2ccccc2)n1. The van der Waals surface area contributed by atoms with E-state index < -0.39 is 0 Å².